The van der Waals surface area contributed by atoms with Crippen molar-refractivity contribution in [1.29, 1.82) is 0 Å². The lowest BCUT2D eigenvalue weighted by molar-refractivity contribution is 0.632. The molecular weight excluding hydrogens is 168 g/mol. The molecular formula is C14H16. The fourth-order valence-corrected chi connectivity index (χ4v) is 3.04. The Morgan fingerprint density at radius 3 is 2.79 bits per heavy atom. The molecule has 0 aromatic rings. The maximum Gasteiger partial charge on any atom is 0.00194 e. The molecule has 3 aliphatic rings. The summed E-state index contributed by atoms with van der Waals surface area (Å²) in [6, 6.07) is 0. The first-order chi connectivity index (χ1) is 6.95. The van der Waals surface area contributed by atoms with Gasteiger partial charge in [0.15, 0.2) is 0 Å². The first-order valence-electron chi connectivity index (χ1n) is 5.67. The van der Waals surface area contributed by atoms with Gasteiger partial charge in [-0.15, -0.1) is 0 Å². The smallest absolute Gasteiger partial charge is 0.00194 e. The van der Waals surface area contributed by atoms with E-state index in [1.807, 2.05) is 0 Å². The van der Waals surface area contributed by atoms with Crippen molar-refractivity contribution in [1.82, 2.24) is 0 Å². The van der Waals surface area contributed by atoms with E-state index in [0.717, 1.165) is 11.8 Å². The summed E-state index contributed by atoms with van der Waals surface area (Å²) in [5.41, 5.74) is 3.36. The number of hydrogen-bond donors (Lipinski definition) is 0. The lowest BCUT2D eigenvalue weighted by atomic mass is 9.86. The molecule has 0 heteroatoms. The van der Waals surface area contributed by atoms with Gasteiger partial charge in [0.1, 0.15) is 0 Å². The fraction of sp³-hybridized carbons (Fsp3) is 0.429. The maximum absolute atomic E-state index is 2.37. The Morgan fingerprint density at radius 1 is 1.00 bits per heavy atom. The van der Waals surface area contributed by atoms with E-state index in [1.54, 1.807) is 11.1 Å². The van der Waals surface area contributed by atoms with Crippen LogP contribution in [0.25, 0.3) is 0 Å². The van der Waals surface area contributed by atoms with E-state index in [1.165, 1.54) is 25.7 Å². The summed E-state index contributed by atoms with van der Waals surface area (Å²) < 4.78 is 0. The van der Waals surface area contributed by atoms with Gasteiger partial charge in [0.05, 0.1) is 0 Å². The fourth-order valence-electron chi connectivity index (χ4n) is 3.04. The van der Waals surface area contributed by atoms with Gasteiger partial charge in [-0.3, -0.25) is 0 Å². The highest BCUT2D eigenvalue weighted by Gasteiger charge is 2.32. The second-order valence-electron chi connectivity index (χ2n) is 4.53. The van der Waals surface area contributed by atoms with Crippen LogP contribution < -0.4 is 0 Å². The highest BCUT2D eigenvalue weighted by Crippen LogP contribution is 2.45. The zero-order chi connectivity index (χ0) is 9.38. The molecule has 0 radical (unpaired) electrons. The van der Waals surface area contributed by atoms with Crippen molar-refractivity contribution in [3.05, 3.63) is 47.6 Å². The molecule has 0 amide bonds. The number of hydrogen-bond acceptors (Lipinski definition) is 0. The second-order valence-corrected chi connectivity index (χ2v) is 4.53. The lowest BCUT2D eigenvalue weighted by Crippen LogP contribution is -2.05. The molecule has 14 heavy (non-hydrogen) atoms. The van der Waals surface area contributed by atoms with Crippen LogP contribution in [0, 0.1) is 11.8 Å². The molecule has 2 atom stereocenters. The molecule has 0 N–H and O–H groups in total. The molecule has 2 unspecified atom stereocenters. The van der Waals surface area contributed by atoms with Crippen molar-refractivity contribution < 1.29 is 0 Å². The van der Waals surface area contributed by atoms with Gasteiger partial charge in [-0.2, -0.15) is 0 Å². The average Bonchev–Trinajstić information content (AvgIpc) is 2.85. The predicted molar refractivity (Wildman–Crippen MR) is 59.9 cm³/mol. The molecule has 0 heterocycles. The minimum Gasteiger partial charge on any atom is -0.0839 e. The number of allylic oxidation sites excluding steroid dienone is 8. The summed E-state index contributed by atoms with van der Waals surface area (Å²) in [5.74, 6) is 1.64. The monoisotopic (exact) mass is 184 g/mol. The molecule has 3 aliphatic carbocycles. The zero-order valence-electron chi connectivity index (χ0n) is 8.45. The quantitative estimate of drug-likeness (QED) is 0.581. The van der Waals surface area contributed by atoms with E-state index >= 15 is 0 Å². The summed E-state index contributed by atoms with van der Waals surface area (Å²) in [5, 5.41) is 0. The highest BCUT2D eigenvalue weighted by molar-refractivity contribution is 5.37. The third-order valence-corrected chi connectivity index (χ3v) is 3.77. The maximum atomic E-state index is 2.37. The first-order valence-corrected chi connectivity index (χ1v) is 5.67. The third-order valence-electron chi connectivity index (χ3n) is 3.77. The summed E-state index contributed by atoms with van der Waals surface area (Å²) in [4.78, 5) is 0. The average molecular weight is 184 g/mol. The highest BCUT2D eigenvalue weighted by atomic mass is 14.4. The normalized spacial score (nSPS) is 34.3. The van der Waals surface area contributed by atoms with Gasteiger partial charge in [-0.05, 0) is 31.6 Å². The second kappa shape index (κ2) is 3.27. The van der Waals surface area contributed by atoms with Gasteiger partial charge in [-0.25, -0.2) is 0 Å². The molecule has 0 aromatic carbocycles. The van der Waals surface area contributed by atoms with Gasteiger partial charge in [-0.1, -0.05) is 47.6 Å². The minimum absolute atomic E-state index is 0.778. The topological polar surface area (TPSA) is 0 Å². The molecule has 0 bridgehead atoms. The Labute approximate surface area is 85.7 Å². The molecule has 0 nitrogen and oxygen atoms in total. The van der Waals surface area contributed by atoms with Crippen LogP contribution in [0.3, 0.4) is 0 Å². The third kappa shape index (κ3) is 1.21. The summed E-state index contributed by atoms with van der Waals surface area (Å²) in [6.45, 7) is 0. The molecule has 0 spiro atoms. The first kappa shape index (κ1) is 8.28. The molecule has 0 saturated heterocycles. The van der Waals surface area contributed by atoms with Gasteiger partial charge < -0.3 is 0 Å². The van der Waals surface area contributed by atoms with Gasteiger partial charge in [0.2, 0.25) is 0 Å². The van der Waals surface area contributed by atoms with Crippen LogP contribution in [-0.2, 0) is 0 Å². The summed E-state index contributed by atoms with van der Waals surface area (Å²) in [6.07, 6.45) is 19.0. The number of rotatable bonds is 1. The Morgan fingerprint density at radius 2 is 1.93 bits per heavy atom. The minimum atomic E-state index is 0.778. The SMILES string of the molecule is C1=CCC(C2CCC3CC=CC=C32)=C1. The predicted octanol–water partition coefficient (Wildman–Crippen LogP) is 3.79. The standard InChI is InChI=1S/C14H16/c1-2-6-11(5-1)14-10-9-12-7-3-4-8-13(12)14/h1-5,8,12,14H,6-7,9-10H2. The lowest BCUT2D eigenvalue weighted by Gasteiger charge is -2.19. The van der Waals surface area contributed by atoms with Crippen molar-refractivity contribution in [2.24, 2.45) is 11.8 Å². The van der Waals surface area contributed by atoms with Crippen molar-refractivity contribution in [3.63, 3.8) is 0 Å². The summed E-state index contributed by atoms with van der Waals surface area (Å²) in [7, 11) is 0. The van der Waals surface area contributed by atoms with E-state index in [9.17, 15) is 0 Å². The van der Waals surface area contributed by atoms with Crippen LogP contribution in [-0.4, -0.2) is 0 Å². The molecule has 1 saturated carbocycles. The van der Waals surface area contributed by atoms with E-state index < -0.39 is 0 Å². The number of fused-ring (bicyclic) bond motifs is 1. The Kier molecular flexibility index (Phi) is 1.93. The van der Waals surface area contributed by atoms with E-state index in [0.29, 0.717) is 0 Å². The van der Waals surface area contributed by atoms with Crippen LogP contribution in [0.15, 0.2) is 47.6 Å². The van der Waals surface area contributed by atoms with Gasteiger partial charge >= 0.3 is 0 Å². The summed E-state index contributed by atoms with van der Waals surface area (Å²) >= 11 is 0. The Hall–Kier alpha value is -1.04. The van der Waals surface area contributed by atoms with Crippen LogP contribution in [0.5, 0.6) is 0 Å². The van der Waals surface area contributed by atoms with E-state index in [2.05, 4.69) is 36.5 Å². The van der Waals surface area contributed by atoms with Crippen LogP contribution in [0.1, 0.15) is 25.7 Å². The van der Waals surface area contributed by atoms with Gasteiger partial charge in [0, 0.05) is 5.92 Å². The molecule has 72 valence electrons. The Balaban J connectivity index is 1.87. The molecule has 0 aromatic heterocycles. The van der Waals surface area contributed by atoms with Crippen LogP contribution >= 0.6 is 0 Å². The van der Waals surface area contributed by atoms with Crippen molar-refractivity contribution in [2.75, 3.05) is 0 Å². The van der Waals surface area contributed by atoms with Crippen molar-refractivity contribution in [2.45, 2.75) is 25.7 Å². The zero-order valence-corrected chi connectivity index (χ0v) is 8.45. The van der Waals surface area contributed by atoms with E-state index in [4.69, 9.17) is 0 Å². The molecule has 1 fully saturated rings. The van der Waals surface area contributed by atoms with Crippen molar-refractivity contribution >= 4 is 0 Å². The molecule has 3 rings (SSSR count). The molecule has 0 aliphatic heterocycles. The van der Waals surface area contributed by atoms with Gasteiger partial charge in [0.25, 0.3) is 0 Å². The van der Waals surface area contributed by atoms with Crippen molar-refractivity contribution in [3.8, 4) is 0 Å². The Bertz CT molecular complexity index is 352. The van der Waals surface area contributed by atoms with Crippen LogP contribution in [0.2, 0.25) is 0 Å². The largest absolute Gasteiger partial charge is 0.0839 e. The van der Waals surface area contributed by atoms with Crippen LogP contribution in [0.4, 0.5) is 0 Å². The van der Waals surface area contributed by atoms with E-state index in [-0.39, 0.29) is 0 Å².